The highest BCUT2D eigenvalue weighted by Gasteiger charge is 2.55. The number of rotatable bonds is 1. The molecule has 1 unspecified atom stereocenters. The molecular formula is C5H9FO5. The van der Waals surface area contributed by atoms with Gasteiger partial charge in [0.25, 0.3) is 5.85 Å². The van der Waals surface area contributed by atoms with Crippen molar-refractivity contribution in [3.63, 3.8) is 0 Å². The lowest BCUT2D eigenvalue weighted by Crippen LogP contribution is -2.44. The first-order chi connectivity index (χ1) is 5.00. The first-order valence-electron chi connectivity index (χ1n) is 3.04. The lowest BCUT2D eigenvalue weighted by molar-refractivity contribution is -0.239. The highest BCUT2D eigenvalue weighted by molar-refractivity contribution is 4.91. The highest BCUT2D eigenvalue weighted by Crippen LogP contribution is 2.30. The Labute approximate surface area is 61.6 Å². The van der Waals surface area contributed by atoms with Crippen molar-refractivity contribution in [2.45, 2.75) is 24.4 Å². The average molecular weight is 168 g/mol. The van der Waals surface area contributed by atoms with E-state index in [-0.39, 0.29) is 0 Å². The molecule has 0 aliphatic carbocycles. The monoisotopic (exact) mass is 168 g/mol. The maximum absolute atomic E-state index is 12.7. The van der Waals surface area contributed by atoms with Gasteiger partial charge in [0.05, 0.1) is 6.61 Å². The minimum Gasteiger partial charge on any atom is -0.394 e. The van der Waals surface area contributed by atoms with Crippen LogP contribution in [0.4, 0.5) is 4.39 Å². The zero-order valence-electron chi connectivity index (χ0n) is 5.51. The Morgan fingerprint density at radius 2 is 2.00 bits per heavy atom. The lowest BCUT2D eigenvalue weighted by atomic mass is 10.1. The molecule has 6 heteroatoms. The molecule has 0 amide bonds. The second kappa shape index (κ2) is 2.65. The van der Waals surface area contributed by atoms with E-state index in [1.54, 1.807) is 0 Å². The molecule has 0 radical (unpaired) electrons. The van der Waals surface area contributed by atoms with E-state index in [1.165, 1.54) is 0 Å². The van der Waals surface area contributed by atoms with Gasteiger partial charge in [-0.05, 0) is 0 Å². The van der Waals surface area contributed by atoms with E-state index in [0.29, 0.717) is 0 Å². The minimum absolute atomic E-state index is 0.662. The van der Waals surface area contributed by atoms with E-state index in [2.05, 4.69) is 4.74 Å². The largest absolute Gasteiger partial charge is 0.394 e. The molecule has 0 aromatic carbocycles. The van der Waals surface area contributed by atoms with E-state index in [0.717, 1.165) is 0 Å². The summed E-state index contributed by atoms with van der Waals surface area (Å²) >= 11 is 0. The summed E-state index contributed by atoms with van der Waals surface area (Å²) in [7, 11) is 0. The molecule has 0 bridgehead atoms. The molecule has 0 aromatic heterocycles. The van der Waals surface area contributed by atoms with E-state index in [1.807, 2.05) is 0 Å². The summed E-state index contributed by atoms with van der Waals surface area (Å²) in [5, 5.41) is 34.5. The first-order valence-corrected chi connectivity index (χ1v) is 3.04. The van der Waals surface area contributed by atoms with Gasteiger partial charge in [-0.1, -0.05) is 0 Å². The number of aliphatic hydroxyl groups excluding tert-OH is 3. The summed E-state index contributed by atoms with van der Waals surface area (Å²) < 4.78 is 16.9. The van der Waals surface area contributed by atoms with Crippen molar-refractivity contribution in [2.75, 3.05) is 6.61 Å². The predicted molar refractivity (Wildman–Crippen MR) is 30.0 cm³/mol. The molecule has 0 spiro atoms. The van der Waals surface area contributed by atoms with Gasteiger partial charge < -0.3 is 25.2 Å². The van der Waals surface area contributed by atoms with Crippen LogP contribution >= 0.6 is 0 Å². The van der Waals surface area contributed by atoms with Crippen molar-refractivity contribution in [1.82, 2.24) is 0 Å². The Hall–Kier alpha value is -0.270. The molecule has 1 heterocycles. The zero-order valence-corrected chi connectivity index (χ0v) is 5.51. The summed E-state index contributed by atoms with van der Waals surface area (Å²) in [4.78, 5) is 0. The second-order valence-electron chi connectivity index (χ2n) is 2.38. The van der Waals surface area contributed by atoms with Crippen molar-refractivity contribution in [1.29, 1.82) is 0 Å². The molecule has 4 atom stereocenters. The number of ether oxygens (including phenoxy) is 1. The third-order valence-corrected chi connectivity index (χ3v) is 1.60. The molecule has 1 saturated heterocycles. The van der Waals surface area contributed by atoms with Gasteiger partial charge in [-0.2, -0.15) is 0 Å². The van der Waals surface area contributed by atoms with Gasteiger partial charge in [0.2, 0.25) is 6.29 Å². The maximum atomic E-state index is 12.7. The molecular weight excluding hydrogens is 159 g/mol. The number of hydrogen-bond acceptors (Lipinski definition) is 5. The minimum atomic E-state index is -3.19. The molecule has 1 rings (SSSR count). The summed E-state index contributed by atoms with van der Waals surface area (Å²) in [6, 6.07) is 0. The van der Waals surface area contributed by atoms with Gasteiger partial charge in [-0.15, -0.1) is 0 Å². The smallest absolute Gasteiger partial charge is 0.286 e. The Kier molecular flexibility index (Phi) is 2.13. The van der Waals surface area contributed by atoms with Crippen molar-refractivity contribution < 1.29 is 29.6 Å². The van der Waals surface area contributed by atoms with Gasteiger partial charge in [-0.25, -0.2) is 4.39 Å². The fourth-order valence-corrected chi connectivity index (χ4v) is 0.885. The van der Waals surface area contributed by atoms with Gasteiger partial charge in [0.15, 0.2) is 0 Å². The fourth-order valence-electron chi connectivity index (χ4n) is 0.885. The maximum Gasteiger partial charge on any atom is 0.286 e. The normalized spacial score (nSPS) is 51.5. The standard InChI is InChI=1S/C5H9FO5/c6-5(10)3(8)2(1-7)11-4(5)9/h2-4,7-10H,1H2/t2-,3-,4?,5+/m1/s1. The van der Waals surface area contributed by atoms with E-state index in [4.69, 9.17) is 20.4 Å². The average Bonchev–Trinajstić information content (AvgIpc) is 2.14. The molecule has 4 N–H and O–H groups in total. The van der Waals surface area contributed by atoms with Gasteiger partial charge in [-0.3, -0.25) is 0 Å². The van der Waals surface area contributed by atoms with Gasteiger partial charge >= 0.3 is 0 Å². The highest BCUT2D eigenvalue weighted by atomic mass is 19.2. The van der Waals surface area contributed by atoms with Gasteiger partial charge in [0, 0.05) is 0 Å². The van der Waals surface area contributed by atoms with Gasteiger partial charge in [0.1, 0.15) is 12.2 Å². The molecule has 1 aliphatic rings. The first kappa shape index (κ1) is 8.82. The van der Waals surface area contributed by atoms with Crippen LogP contribution in [0.5, 0.6) is 0 Å². The third-order valence-electron chi connectivity index (χ3n) is 1.60. The Balaban J connectivity index is 2.71. The van der Waals surface area contributed by atoms with Crippen LogP contribution in [0.25, 0.3) is 0 Å². The number of aliphatic hydroxyl groups is 4. The molecule has 5 nitrogen and oxygen atoms in total. The number of hydrogen-bond donors (Lipinski definition) is 4. The van der Waals surface area contributed by atoms with E-state index >= 15 is 0 Å². The molecule has 0 saturated carbocycles. The third kappa shape index (κ3) is 1.23. The summed E-state index contributed by atoms with van der Waals surface area (Å²) in [5.74, 6) is -3.19. The quantitative estimate of drug-likeness (QED) is 0.354. The zero-order chi connectivity index (χ0) is 8.65. The second-order valence-corrected chi connectivity index (χ2v) is 2.38. The van der Waals surface area contributed by atoms with Crippen molar-refractivity contribution >= 4 is 0 Å². The lowest BCUT2D eigenvalue weighted by Gasteiger charge is -2.17. The van der Waals surface area contributed by atoms with Crippen molar-refractivity contribution in [2.24, 2.45) is 0 Å². The number of alkyl halides is 1. The molecule has 11 heavy (non-hydrogen) atoms. The van der Waals surface area contributed by atoms with E-state index < -0.39 is 31.0 Å². The topological polar surface area (TPSA) is 90.2 Å². The SMILES string of the molecule is OC[C@H]1OC(O)[C@](O)(F)[C@@H]1O. The summed E-state index contributed by atoms with van der Waals surface area (Å²) in [6.45, 7) is -0.662. The van der Waals surface area contributed by atoms with E-state index in [9.17, 15) is 4.39 Å². The Morgan fingerprint density at radius 1 is 1.45 bits per heavy atom. The van der Waals surface area contributed by atoms with Crippen LogP contribution in [0.15, 0.2) is 0 Å². The Bertz CT molecular complexity index is 150. The van der Waals surface area contributed by atoms with Crippen LogP contribution in [0.3, 0.4) is 0 Å². The van der Waals surface area contributed by atoms with Crippen LogP contribution in [-0.4, -0.2) is 51.4 Å². The fraction of sp³-hybridized carbons (Fsp3) is 1.00. The van der Waals surface area contributed by atoms with Crippen molar-refractivity contribution in [3.05, 3.63) is 0 Å². The molecule has 66 valence electrons. The Morgan fingerprint density at radius 3 is 2.18 bits per heavy atom. The molecule has 1 aliphatic heterocycles. The number of halogens is 1. The van der Waals surface area contributed by atoms with Crippen LogP contribution in [0.1, 0.15) is 0 Å². The van der Waals surface area contributed by atoms with Crippen molar-refractivity contribution in [3.8, 4) is 0 Å². The predicted octanol–water partition coefficient (Wildman–Crippen LogP) is -2.29. The summed E-state index contributed by atoms with van der Waals surface area (Å²) in [6.07, 6.45) is -5.29. The summed E-state index contributed by atoms with van der Waals surface area (Å²) in [5.41, 5.74) is 0. The van der Waals surface area contributed by atoms with Crippen LogP contribution in [0, 0.1) is 0 Å². The van der Waals surface area contributed by atoms with Crippen LogP contribution in [-0.2, 0) is 4.74 Å². The molecule has 0 aromatic rings. The van der Waals surface area contributed by atoms with Crippen LogP contribution < -0.4 is 0 Å². The molecule has 1 fully saturated rings. The van der Waals surface area contributed by atoms with Crippen LogP contribution in [0.2, 0.25) is 0 Å².